The minimum absolute atomic E-state index is 0.143. The molecule has 28 heavy (non-hydrogen) atoms. The largest absolute Gasteiger partial charge is 0.454 e. The van der Waals surface area contributed by atoms with Gasteiger partial charge >= 0.3 is 5.97 Å². The molecule has 2 amide bonds. The summed E-state index contributed by atoms with van der Waals surface area (Å²) >= 11 is 7.53. The monoisotopic (exact) mass is 422 g/mol. The number of benzene rings is 1. The Balaban J connectivity index is 1.50. The molecule has 0 spiro atoms. The Morgan fingerprint density at radius 1 is 1.21 bits per heavy atom. The fraction of sp³-hybridized carbons (Fsp3) is 0.450. The van der Waals surface area contributed by atoms with Crippen molar-refractivity contribution < 1.29 is 19.1 Å². The van der Waals surface area contributed by atoms with Crippen molar-refractivity contribution in [1.29, 1.82) is 0 Å². The number of fused-ring (bicyclic) bond motifs is 1. The Hall–Kier alpha value is -2.12. The first-order valence-electron chi connectivity index (χ1n) is 9.30. The van der Waals surface area contributed by atoms with Crippen molar-refractivity contribution in [2.24, 2.45) is 0 Å². The van der Waals surface area contributed by atoms with E-state index in [0.29, 0.717) is 9.90 Å². The molecule has 3 rings (SSSR count). The second-order valence-corrected chi connectivity index (χ2v) is 8.44. The lowest BCUT2D eigenvalue weighted by atomic mass is 9.97. The van der Waals surface area contributed by atoms with Crippen LogP contribution in [0.5, 0.6) is 0 Å². The van der Waals surface area contributed by atoms with Crippen molar-refractivity contribution in [2.45, 2.75) is 45.2 Å². The molecule has 1 fully saturated rings. The highest BCUT2D eigenvalue weighted by molar-refractivity contribution is 7.21. The number of carbonyl (C=O) groups is 3. The summed E-state index contributed by atoms with van der Waals surface area (Å²) in [5.41, 5.74) is 0. The summed E-state index contributed by atoms with van der Waals surface area (Å²) < 4.78 is 5.95. The van der Waals surface area contributed by atoms with Crippen LogP contribution in [-0.2, 0) is 14.3 Å². The second-order valence-electron chi connectivity index (χ2n) is 7.01. The number of nitrogens with one attached hydrogen (secondary N) is 1. The molecule has 0 saturated carbocycles. The molecule has 8 heteroatoms. The molecule has 2 aromatic rings. The third kappa shape index (κ3) is 4.47. The van der Waals surface area contributed by atoms with Crippen LogP contribution in [0.25, 0.3) is 10.1 Å². The van der Waals surface area contributed by atoms with Gasteiger partial charge in [-0.15, -0.1) is 11.3 Å². The van der Waals surface area contributed by atoms with E-state index in [2.05, 4.69) is 5.32 Å². The van der Waals surface area contributed by atoms with Gasteiger partial charge in [0.25, 0.3) is 11.8 Å². The maximum atomic E-state index is 12.4. The summed E-state index contributed by atoms with van der Waals surface area (Å²) in [6.07, 6.45) is 3.00. The maximum Gasteiger partial charge on any atom is 0.325 e. The first kappa shape index (κ1) is 20.6. The van der Waals surface area contributed by atoms with E-state index in [4.69, 9.17) is 16.3 Å². The van der Waals surface area contributed by atoms with Crippen molar-refractivity contribution in [3.05, 3.63) is 34.2 Å². The number of esters is 1. The molecule has 0 aliphatic carbocycles. The fourth-order valence-electron chi connectivity index (χ4n) is 3.57. The number of nitrogens with zero attached hydrogens (tertiary/aromatic N) is 1. The Morgan fingerprint density at radius 2 is 1.89 bits per heavy atom. The van der Waals surface area contributed by atoms with Gasteiger partial charge in [-0.25, -0.2) is 0 Å². The molecular formula is C20H23ClN2O4S. The van der Waals surface area contributed by atoms with E-state index in [0.717, 1.165) is 29.3 Å². The summed E-state index contributed by atoms with van der Waals surface area (Å²) in [5.74, 6) is -1.30. The SMILES string of the molecule is C[C@@H]1CCC[C@@H](C)N1C(=O)COC(=O)CNC(=O)c1sc2ccccc2c1Cl. The molecule has 0 unspecified atom stereocenters. The average Bonchev–Trinajstić information content (AvgIpc) is 3.01. The normalized spacial score (nSPS) is 19.5. The predicted molar refractivity (Wildman–Crippen MR) is 110 cm³/mol. The maximum absolute atomic E-state index is 12.4. The van der Waals surface area contributed by atoms with Crippen molar-refractivity contribution in [3.63, 3.8) is 0 Å². The average molecular weight is 423 g/mol. The number of halogens is 1. The van der Waals surface area contributed by atoms with E-state index in [1.54, 1.807) is 4.90 Å². The molecule has 2 atom stereocenters. The van der Waals surface area contributed by atoms with E-state index < -0.39 is 11.9 Å². The smallest absolute Gasteiger partial charge is 0.325 e. The number of carbonyl (C=O) groups excluding carboxylic acids is 3. The fourth-order valence-corrected chi connectivity index (χ4v) is 5.01. The molecule has 150 valence electrons. The number of thiophene rings is 1. The van der Waals surface area contributed by atoms with E-state index in [-0.39, 0.29) is 31.1 Å². The van der Waals surface area contributed by atoms with Gasteiger partial charge in [-0.05, 0) is 39.2 Å². The number of likely N-dealkylation sites (tertiary alicyclic amines) is 1. The molecule has 1 N–H and O–H groups in total. The second kappa shape index (κ2) is 8.92. The lowest BCUT2D eigenvalue weighted by Crippen LogP contribution is -2.49. The number of hydrogen-bond donors (Lipinski definition) is 1. The predicted octanol–water partition coefficient (Wildman–Crippen LogP) is 3.62. The minimum atomic E-state index is -0.656. The van der Waals surface area contributed by atoms with Crippen molar-refractivity contribution in [2.75, 3.05) is 13.2 Å². The third-order valence-corrected chi connectivity index (χ3v) is 6.65. The molecule has 6 nitrogen and oxygen atoms in total. The topological polar surface area (TPSA) is 75.7 Å². The zero-order chi connectivity index (χ0) is 20.3. The lowest BCUT2D eigenvalue weighted by molar-refractivity contribution is -0.154. The van der Waals surface area contributed by atoms with Crippen LogP contribution in [0.2, 0.25) is 5.02 Å². The summed E-state index contributed by atoms with van der Waals surface area (Å²) in [6, 6.07) is 7.73. The van der Waals surface area contributed by atoms with E-state index >= 15 is 0 Å². The molecular weight excluding hydrogens is 400 g/mol. The van der Waals surface area contributed by atoms with Gasteiger partial charge in [0.05, 0.1) is 5.02 Å². The highest BCUT2D eigenvalue weighted by Crippen LogP contribution is 2.34. The summed E-state index contributed by atoms with van der Waals surface area (Å²) in [4.78, 5) is 38.8. The van der Waals surface area contributed by atoms with Gasteiger partial charge in [0.2, 0.25) is 0 Å². The molecule has 1 aliphatic rings. The van der Waals surface area contributed by atoms with Crippen LogP contribution in [0.4, 0.5) is 0 Å². The Kier molecular flexibility index (Phi) is 6.57. The van der Waals surface area contributed by atoms with Gasteiger partial charge in [-0.1, -0.05) is 29.8 Å². The zero-order valence-electron chi connectivity index (χ0n) is 15.9. The quantitative estimate of drug-likeness (QED) is 0.746. The molecule has 1 aliphatic heterocycles. The number of amides is 2. The number of piperidine rings is 1. The molecule has 1 saturated heterocycles. The summed E-state index contributed by atoms with van der Waals surface area (Å²) in [6.45, 7) is 3.38. The number of ether oxygens (including phenoxy) is 1. The van der Waals surface area contributed by atoms with Gasteiger partial charge in [-0.3, -0.25) is 14.4 Å². The van der Waals surface area contributed by atoms with Crippen molar-refractivity contribution in [3.8, 4) is 0 Å². The van der Waals surface area contributed by atoms with Gasteiger partial charge in [0.1, 0.15) is 11.4 Å². The first-order valence-corrected chi connectivity index (χ1v) is 10.5. The highest BCUT2D eigenvalue weighted by atomic mass is 35.5. The van der Waals surface area contributed by atoms with Gasteiger partial charge in [0.15, 0.2) is 6.61 Å². The van der Waals surface area contributed by atoms with Crippen LogP contribution >= 0.6 is 22.9 Å². The summed E-state index contributed by atoms with van der Waals surface area (Å²) in [5, 5.41) is 3.68. The molecule has 1 aromatic heterocycles. The minimum Gasteiger partial charge on any atom is -0.454 e. The zero-order valence-corrected chi connectivity index (χ0v) is 17.4. The Bertz CT molecular complexity index is 887. The molecule has 0 radical (unpaired) electrons. The number of hydrogen-bond acceptors (Lipinski definition) is 5. The van der Waals surface area contributed by atoms with Crippen LogP contribution in [-0.4, -0.2) is 47.9 Å². The Morgan fingerprint density at radius 3 is 2.57 bits per heavy atom. The van der Waals surface area contributed by atoms with Crippen LogP contribution < -0.4 is 5.32 Å². The number of rotatable bonds is 5. The standard InChI is InChI=1S/C20H23ClN2O4S/c1-12-6-5-7-13(2)23(12)16(24)11-27-17(25)10-22-20(26)19-18(21)14-8-3-4-9-15(14)28-19/h3-4,8-9,12-13H,5-7,10-11H2,1-2H3,(H,22,26)/t12-,13-/m1/s1. The van der Waals surface area contributed by atoms with Crippen LogP contribution in [0.15, 0.2) is 24.3 Å². The summed E-state index contributed by atoms with van der Waals surface area (Å²) in [7, 11) is 0. The van der Waals surface area contributed by atoms with E-state index in [1.807, 2.05) is 38.1 Å². The molecule has 0 bridgehead atoms. The van der Waals surface area contributed by atoms with E-state index in [1.165, 1.54) is 11.3 Å². The van der Waals surface area contributed by atoms with E-state index in [9.17, 15) is 14.4 Å². The van der Waals surface area contributed by atoms with Gasteiger partial charge in [0, 0.05) is 22.2 Å². The Labute approximate surface area is 172 Å². The first-order chi connectivity index (χ1) is 13.4. The van der Waals surface area contributed by atoms with Crippen LogP contribution in [0.3, 0.4) is 0 Å². The third-order valence-electron chi connectivity index (χ3n) is 4.97. The molecule has 1 aromatic carbocycles. The van der Waals surface area contributed by atoms with Crippen LogP contribution in [0.1, 0.15) is 42.8 Å². The highest BCUT2D eigenvalue weighted by Gasteiger charge is 2.29. The molecule has 2 heterocycles. The van der Waals surface area contributed by atoms with Crippen LogP contribution in [0, 0.1) is 0 Å². The van der Waals surface area contributed by atoms with Gasteiger partial charge in [-0.2, -0.15) is 0 Å². The van der Waals surface area contributed by atoms with Gasteiger partial charge < -0.3 is 15.0 Å². The van der Waals surface area contributed by atoms with Crippen molar-refractivity contribution in [1.82, 2.24) is 10.2 Å². The van der Waals surface area contributed by atoms with Crippen molar-refractivity contribution >= 4 is 50.8 Å². The lowest BCUT2D eigenvalue weighted by Gasteiger charge is -2.38.